The largest absolute Gasteiger partial charge is 0.478 e. The van der Waals surface area contributed by atoms with Crippen LogP contribution in [0.15, 0.2) is 29.8 Å². The lowest BCUT2D eigenvalue weighted by atomic mass is 10.2. The van der Waals surface area contributed by atoms with Gasteiger partial charge in [-0.25, -0.2) is 4.79 Å². The van der Waals surface area contributed by atoms with E-state index in [0.717, 1.165) is 11.8 Å². The number of nitrogens with one attached hydrogen (secondary N) is 1. The van der Waals surface area contributed by atoms with Crippen molar-refractivity contribution >= 4 is 34.9 Å². The lowest BCUT2D eigenvalue weighted by Crippen LogP contribution is -2.04. The van der Waals surface area contributed by atoms with Crippen molar-refractivity contribution in [2.24, 2.45) is 0 Å². The van der Waals surface area contributed by atoms with Gasteiger partial charge < -0.3 is 10.4 Å². The van der Waals surface area contributed by atoms with E-state index in [4.69, 9.17) is 28.3 Å². The number of halogens is 2. The number of rotatable bonds is 4. The first-order chi connectivity index (χ1) is 7.47. The van der Waals surface area contributed by atoms with Crippen molar-refractivity contribution in [3.05, 3.63) is 39.9 Å². The van der Waals surface area contributed by atoms with Crippen LogP contribution in [0.2, 0.25) is 10.0 Å². The molecule has 3 nitrogen and oxygen atoms in total. The molecule has 2 N–H and O–H groups in total. The summed E-state index contributed by atoms with van der Waals surface area (Å²) in [5.74, 6) is -0.955. The lowest BCUT2D eigenvalue weighted by Gasteiger charge is -2.07. The molecule has 0 fully saturated rings. The number of carboxylic acids is 1. The molecule has 16 heavy (non-hydrogen) atoms. The molecule has 0 atom stereocenters. The molecule has 0 aliphatic heterocycles. The summed E-state index contributed by atoms with van der Waals surface area (Å²) in [6, 6.07) is 5.08. The van der Waals surface area contributed by atoms with Crippen LogP contribution < -0.4 is 5.32 Å². The van der Waals surface area contributed by atoms with Crippen LogP contribution in [0.25, 0.3) is 0 Å². The van der Waals surface area contributed by atoms with Gasteiger partial charge in [0, 0.05) is 28.4 Å². The van der Waals surface area contributed by atoms with E-state index in [2.05, 4.69) is 5.32 Å². The van der Waals surface area contributed by atoms with E-state index in [1.807, 2.05) is 0 Å². The lowest BCUT2D eigenvalue weighted by molar-refractivity contribution is -0.131. The Morgan fingerprint density at radius 2 is 1.94 bits per heavy atom. The van der Waals surface area contributed by atoms with Gasteiger partial charge in [-0.15, -0.1) is 0 Å². The minimum Gasteiger partial charge on any atom is -0.478 e. The van der Waals surface area contributed by atoms with E-state index >= 15 is 0 Å². The summed E-state index contributed by atoms with van der Waals surface area (Å²) in [4.78, 5) is 10.4. The van der Waals surface area contributed by atoms with Gasteiger partial charge in [-0.2, -0.15) is 0 Å². The molecule has 0 saturated carbocycles. The number of carbonyl (C=O) groups is 1. The third-order valence-corrected chi connectivity index (χ3v) is 2.24. The molecular weight excluding hydrogens is 249 g/mol. The summed E-state index contributed by atoms with van der Waals surface area (Å²) in [5.41, 5.74) is 1.47. The molecule has 86 valence electrons. The Bertz CT molecular complexity index is 410. The van der Waals surface area contributed by atoms with Crippen molar-refractivity contribution in [1.82, 2.24) is 0 Å². The molecule has 0 amide bonds. The van der Waals surface area contributed by atoms with Crippen LogP contribution in [0.5, 0.6) is 0 Å². The van der Waals surface area contributed by atoms with Crippen molar-refractivity contribution in [2.75, 3.05) is 11.9 Å². The van der Waals surface area contributed by atoms with Gasteiger partial charge in [0.15, 0.2) is 0 Å². The average molecular weight is 260 g/mol. The van der Waals surface area contributed by atoms with Gasteiger partial charge in [-0.1, -0.05) is 23.2 Å². The molecule has 1 aromatic rings. The third-order valence-electron chi connectivity index (χ3n) is 1.80. The summed E-state index contributed by atoms with van der Waals surface area (Å²) in [6.45, 7) is 2.16. The van der Waals surface area contributed by atoms with E-state index in [9.17, 15) is 4.79 Å². The Hall–Kier alpha value is -1.19. The topological polar surface area (TPSA) is 49.3 Å². The molecule has 0 bridgehead atoms. The maximum Gasteiger partial charge on any atom is 0.328 e. The predicted octanol–water partition coefficient (Wildman–Crippen LogP) is 3.44. The van der Waals surface area contributed by atoms with Gasteiger partial charge in [-0.3, -0.25) is 0 Å². The van der Waals surface area contributed by atoms with Gasteiger partial charge in [0.1, 0.15) is 0 Å². The highest BCUT2D eigenvalue weighted by molar-refractivity contribution is 6.35. The van der Waals surface area contributed by atoms with Gasteiger partial charge in [-0.05, 0) is 30.7 Å². The Morgan fingerprint density at radius 3 is 2.44 bits per heavy atom. The number of carboxylic acid groups (broad SMARTS) is 1. The number of benzene rings is 1. The SMILES string of the molecule is C/C(=C/C(=O)O)CNc1cc(Cl)cc(Cl)c1. The van der Waals surface area contributed by atoms with Gasteiger partial charge >= 0.3 is 5.97 Å². The summed E-state index contributed by atoms with van der Waals surface area (Å²) in [6.07, 6.45) is 1.15. The molecule has 0 aliphatic rings. The number of aliphatic carboxylic acids is 1. The first-order valence-corrected chi connectivity index (χ1v) is 5.33. The van der Waals surface area contributed by atoms with Crippen molar-refractivity contribution in [3.63, 3.8) is 0 Å². The fourth-order valence-corrected chi connectivity index (χ4v) is 1.69. The Balaban J connectivity index is 2.64. The van der Waals surface area contributed by atoms with E-state index < -0.39 is 5.97 Å². The third kappa shape index (κ3) is 4.55. The highest BCUT2D eigenvalue weighted by atomic mass is 35.5. The Morgan fingerprint density at radius 1 is 1.38 bits per heavy atom. The normalized spacial score (nSPS) is 11.3. The molecule has 0 radical (unpaired) electrons. The van der Waals surface area contributed by atoms with Crippen molar-refractivity contribution in [3.8, 4) is 0 Å². The fraction of sp³-hybridized carbons (Fsp3) is 0.182. The van der Waals surface area contributed by atoms with Gasteiger partial charge in [0.05, 0.1) is 0 Å². The second-order valence-electron chi connectivity index (χ2n) is 3.34. The zero-order chi connectivity index (χ0) is 12.1. The Kier molecular flexibility index (Phi) is 4.65. The smallest absolute Gasteiger partial charge is 0.328 e. The number of hydrogen-bond donors (Lipinski definition) is 2. The van der Waals surface area contributed by atoms with Crippen LogP contribution in [0.3, 0.4) is 0 Å². The zero-order valence-electron chi connectivity index (χ0n) is 8.63. The highest BCUT2D eigenvalue weighted by Crippen LogP contribution is 2.22. The second-order valence-corrected chi connectivity index (χ2v) is 4.21. The second kappa shape index (κ2) is 5.77. The van der Waals surface area contributed by atoms with Gasteiger partial charge in [0.25, 0.3) is 0 Å². The first kappa shape index (κ1) is 12.9. The maximum absolute atomic E-state index is 10.4. The van der Waals surface area contributed by atoms with Crippen LogP contribution in [0.1, 0.15) is 6.92 Å². The number of anilines is 1. The zero-order valence-corrected chi connectivity index (χ0v) is 10.1. The van der Waals surface area contributed by atoms with Crippen molar-refractivity contribution in [2.45, 2.75) is 6.92 Å². The summed E-state index contributed by atoms with van der Waals surface area (Å²) >= 11 is 11.6. The molecular formula is C11H11Cl2NO2. The molecule has 0 aromatic heterocycles. The fourth-order valence-electron chi connectivity index (χ4n) is 1.16. The van der Waals surface area contributed by atoms with Crippen LogP contribution in [0.4, 0.5) is 5.69 Å². The molecule has 0 unspecified atom stereocenters. The summed E-state index contributed by atoms with van der Waals surface area (Å²) in [5, 5.41) is 12.6. The van der Waals surface area contributed by atoms with E-state index in [-0.39, 0.29) is 0 Å². The maximum atomic E-state index is 10.4. The molecule has 0 aliphatic carbocycles. The summed E-state index contributed by atoms with van der Waals surface area (Å²) in [7, 11) is 0. The standard InChI is InChI=1S/C11H11Cl2NO2/c1-7(2-11(15)16)6-14-10-4-8(12)3-9(13)5-10/h2-5,14H,6H2,1H3,(H,15,16)/b7-2-. The molecule has 5 heteroatoms. The Labute approximate surface area is 104 Å². The van der Waals surface area contributed by atoms with Crippen LogP contribution >= 0.6 is 23.2 Å². The predicted molar refractivity (Wildman–Crippen MR) is 66.3 cm³/mol. The monoisotopic (exact) mass is 259 g/mol. The highest BCUT2D eigenvalue weighted by Gasteiger charge is 1.99. The van der Waals surface area contributed by atoms with Crippen LogP contribution in [0, 0.1) is 0 Å². The number of hydrogen-bond acceptors (Lipinski definition) is 2. The summed E-state index contributed by atoms with van der Waals surface area (Å²) < 4.78 is 0. The van der Waals surface area contributed by atoms with Crippen molar-refractivity contribution in [1.29, 1.82) is 0 Å². The first-order valence-electron chi connectivity index (χ1n) is 4.57. The van der Waals surface area contributed by atoms with Crippen molar-refractivity contribution < 1.29 is 9.90 Å². The van der Waals surface area contributed by atoms with Crippen LogP contribution in [-0.2, 0) is 4.79 Å². The average Bonchev–Trinajstić information content (AvgIpc) is 2.12. The van der Waals surface area contributed by atoms with Gasteiger partial charge in [0.2, 0.25) is 0 Å². The minimum absolute atomic E-state index is 0.434. The minimum atomic E-state index is -0.955. The van der Waals surface area contributed by atoms with E-state index in [0.29, 0.717) is 22.2 Å². The van der Waals surface area contributed by atoms with Crippen LogP contribution in [-0.4, -0.2) is 17.6 Å². The molecule has 0 saturated heterocycles. The molecule has 0 heterocycles. The molecule has 1 aromatic carbocycles. The molecule has 1 rings (SSSR count). The quantitative estimate of drug-likeness (QED) is 0.815. The van der Waals surface area contributed by atoms with E-state index in [1.165, 1.54) is 0 Å². The molecule has 0 spiro atoms. The van der Waals surface area contributed by atoms with E-state index in [1.54, 1.807) is 25.1 Å².